The van der Waals surface area contributed by atoms with Gasteiger partial charge in [-0.15, -0.1) is 29.6 Å². The molecular formula is C24H19N2Pt-. The molecule has 5 aromatic rings. The molecule has 0 aliphatic carbocycles. The number of fused-ring (bicyclic) bond motifs is 6. The minimum Gasteiger partial charge on any atom is -0.333 e. The first kappa shape index (κ1) is 9.66. The Morgan fingerprint density at radius 1 is 0.963 bits per heavy atom. The van der Waals surface area contributed by atoms with Crippen LogP contribution in [0.15, 0.2) is 60.6 Å². The number of rotatable bonds is 1. The van der Waals surface area contributed by atoms with Crippen molar-refractivity contribution in [1.29, 1.82) is 0 Å². The zero-order valence-corrected chi connectivity index (χ0v) is 17.0. The smallest absolute Gasteiger partial charge is 0.0853 e. The molecule has 2 heterocycles. The average molecular weight is 541 g/mol. The van der Waals surface area contributed by atoms with Gasteiger partial charge in [-0.2, -0.15) is 0 Å². The van der Waals surface area contributed by atoms with Crippen molar-refractivity contribution in [3.8, 4) is 11.3 Å². The molecular weight excluding hydrogens is 511 g/mol. The zero-order valence-electron chi connectivity index (χ0n) is 24.7. The van der Waals surface area contributed by atoms with Crippen molar-refractivity contribution >= 4 is 27.3 Å². The third-order valence-corrected chi connectivity index (χ3v) is 4.49. The second-order valence-electron chi connectivity index (χ2n) is 6.20. The largest absolute Gasteiger partial charge is 0.333 e. The van der Waals surface area contributed by atoms with E-state index in [4.69, 9.17) is 13.7 Å². The Kier molecular flexibility index (Phi) is 2.37. The topological polar surface area (TPSA) is 17.3 Å². The molecule has 2 aromatic heterocycles. The van der Waals surface area contributed by atoms with Crippen LogP contribution in [0.1, 0.15) is 30.4 Å². The number of pyridine rings is 1. The van der Waals surface area contributed by atoms with Crippen molar-refractivity contribution in [3.63, 3.8) is 0 Å². The van der Waals surface area contributed by atoms with Crippen LogP contribution in [-0.4, -0.2) is 9.38 Å². The Morgan fingerprint density at radius 2 is 1.74 bits per heavy atom. The van der Waals surface area contributed by atoms with E-state index >= 15 is 0 Å². The molecule has 5 rings (SSSR count). The Bertz CT molecular complexity index is 1800. The summed E-state index contributed by atoms with van der Waals surface area (Å²) in [6.07, 6.45) is -0.272. The summed E-state index contributed by atoms with van der Waals surface area (Å²) < 4.78 is 85.9. The van der Waals surface area contributed by atoms with Gasteiger partial charge >= 0.3 is 0 Å². The summed E-state index contributed by atoms with van der Waals surface area (Å²) in [5.74, 6) is 0. The average Bonchev–Trinajstić information content (AvgIpc) is 3.18. The Labute approximate surface area is 187 Å². The van der Waals surface area contributed by atoms with E-state index in [-0.39, 0.29) is 114 Å². The number of benzene rings is 3. The van der Waals surface area contributed by atoms with Crippen LogP contribution in [0.5, 0.6) is 0 Å². The van der Waals surface area contributed by atoms with E-state index in [1.54, 1.807) is 13.8 Å². The molecule has 0 atom stereocenters. The molecule has 0 fully saturated rings. The molecule has 0 saturated carbocycles. The van der Waals surface area contributed by atoms with Gasteiger partial charge in [0, 0.05) is 41.1 Å². The third-order valence-electron chi connectivity index (χ3n) is 4.49. The van der Waals surface area contributed by atoms with Crippen molar-refractivity contribution in [2.24, 2.45) is 0 Å². The summed E-state index contributed by atoms with van der Waals surface area (Å²) in [4.78, 5) is 4.36. The minimum absolute atomic E-state index is 0. The molecule has 27 heavy (non-hydrogen) atoms. The molecule has 2 nitrogen and oxygen atoms in total. The summed E-state index contributed by atoms with van der Waals surface area (Å²) in [6.45, 7) is 4.73. The molecule has 0 aliphatic heterocycles. The fourth-order valence-electron chi connectivity index (χ4n) is 3.35. The van der Waals surface area contributed by atoms with Gasteiger partial charge in [0.2, 0.25) is 0 Å². The normalized spacial score (nSPS) is 16.4. The molecule has 0 saturated heterocycles. The monoisotopic (exact) mass is 540 g/mol. The Balaban J connectivity index is 0.00000320. The van der Waals surface area contributed by atoms with Gasteiger partial charge in [-0.25, -0.2) is 0 Å². The first-order valence-corrected chi connectivity index (χ1v) is 8.12. The number of nitrogens with zero attached hydrogens (tertiary/aromatic N) is 2. The van der Waals surface area contributed by atoms with E-state index in [0.717, 1.165) is 0 Å². The van der Waals surface area contributed by atoms with E-state index in [9.17, 15) is 0 Å². The first-order chi connectivity index (χ1) is 16.8. The second-order valence-corrected chi connectivity index (χ2v) is 6.20. The van der Waals surface area contributed by atoms with Gasteiger partial charge in [0.05, 0.1) is 20.9 Å². The molecule has 0 unspecified atom stereocenters. The third kappa shape index (κ3) is 2.63. The van der Waals surface area contributed by atoms with E-state index < -0.39 is 6.04 Å². The van der Waals surface area contributed by atoms with Gasteiger partial charge in [0.1, 0.15) is 0 Å². The quantitative estimate of drug-likeness (QED) is 0.188. The molecule has 0 spiro atoms. The number of hydrogen-bond acceptors (Lipinski definition) is 1. The summed E-state index contributed by atoms with van der Waals surface area (Å²) >= 11 is 0. The molecule has 0 radical (unpaired) electrons. The van der Waals surface area contributed by atoms with Gasteiger partial charge in [-0.1, -0.05) is 41.2 Å². The van der Waals surface area contributed by atoms with Crippen molar-refractivity contribution in [1.82, 2.24) is 9.38 Å². The van der Waals surface area contributed by atoms with Crippen molar-refractivity contribution < 1.29 is 34.8 Å². The molecule has 0 aliphatic rings. The van der Waals surface area contributed by atoms with E-state index in [2.05, 4.69) is 11.1 Å². The van der Waals surface area contributed by atoms with Gasteiger partial charge in [0.25, 0.3) is 0 Å². The molecule has 0 bridgehead atoms. The van der Waals surface area contributed by atoms with Crippen LogP contribution in [0, 0.1) is 26.8 Å². The SMILES string of the molecule is [2H]c1[c-]c2c(c([2H])c1[2H])c1c([2H])c(C)c([2H])c([2H])c1n1c(-c3c(C)c([2H])c([2H])c([2H])c3C)c([2H])nc21.[Pt]. The molecule has 0 amide bonds. The summed E-state index contributed by atoms with van der Waals surface area (Å²) in [5, 5.41) is 0.325. The molecule has 3 heteroatoms. The fraction of sp³-hybridized carbons (Fsp3) is 0.125. The maximum atomic E-state index is 8.80. The second kappa shape index (κ2) is 6.62. The van der Waals surface area contributed by atoms with Gasteiger partial charge in [-0.3, -0.25) is 4.98 Å². The molecule has 0 N–H and O–H groups in total. The first-order valence-electron chi connectivity index (χ1n) is 13.1. The zero-order chi connectivity index (χ0) is 26.5. The Hall–Kier alpha value is -2.44. The van der Waals surface area contributed by atoms with Crippen LogP contribution in [0.25, 0.3) is 38.6 Å². The standard InChI is InChI=1S/C24H19N2.Pt/c1-15-11-12-21-20(13-15)18-9-4-5-10-19(18)24-25-14-22(26(21)24)23-16(2)7-6-8-17(23)3;/h4-9,11-14H,1-3H3;/q-1;/i4D,5D,6D,7D,8D,9D,11D,12D,13D,14D;. The van der Waals surface area contributed by atoms with E-state index in [0.29, 0.717) is 16.7 Å². The van der Waals surface area contributed by atoms with Crippen molar-refractivity contribution in [3.05, 3.63) is 83.3 Å². The van der Waals surface area contributed by atoms with Crippen molar-refractivity contribution in [2.45, 2.75) is 20.8 Å². The predicted molar refractivity (Wildman–Crippen MR) is 109 cm³/mol. The van der Waals surface area contributed by atoms with Crippen LogP contribution in [0.2, 0.25) is 0 Å². The van der Waals surface area contributed by atoms with E-state index in [1.807, 2.05) is 0 Å². The van der Waals surface area contributed by atoms with Gasteiger partial charge in [0.15, 0.2) is 0 Å². The predicted octanol–water partition coefficient (Wildman–Crippen LogP) is 6.03. The van der Waals surface area contributed by atoms with Gasteiger partial charge in [-0.05, 0) is 44.7 Å². The maximum absolute atomic E-state index is 8.80. The molecule has 3 aromatic carbocycles. The van der Waals surface area contributed by atoms with Crippen LogP contribution >= 0.6 is 0 Å². The van der Waals surface area contributed by atoms with Crippen LogP contribution in [0.4, 0.5) is 0 Å². The molecule has 136 valence electrons. The minimum atomic E-state index is -0.403. The van der Waals surface area contributed by atoms with Crippen LogP contribution < -0.4 is 0 Å². The number of imidazole rings is 1. The number of hydrogen-bond donors (Lipinski definition) is 0. The van der Waals surface area contributed by atoms with Crippen LogP contribution in [0.3, 0.4) is 0 Å². The van der Waals surface area contributed by atoms with Gasteiger partial charge < -0.3 is 4.40 Å². The number of aromatic nitrogens is 2. The summed E-state index contributed by atoms with van der Waals surface area (Å²) in [6, 6.07) is 0.441. The summed E-state index contributed by atoms with van der Waals surface area (Å²) in [7, 11) is 0. The Morgan fingerprint density at radius 3 is 2.52 bits per heavy atom. The summed E-state index contributed by atoms with van der Waals surface area (Å²) in [5.41, 5.74) is 1.39. The van der Waals surface area contributed by atoms with Crippen LogP contribution in [-0.2, 0) is 21.1 Å². The fourth-order valence-corrected chi connectivity index (χ4v) is 3.35. The maximum Gasteiger partial charge on any atom is 0.0853 e. The van der Waals surface area contributed by atoms with Crippen molar-refractivity contribution in [2.75, 3.05) is 0 Å². The van der Waals surface area contributed by atoms with E-state index in [1.165, 1.54) is 11.3 Å².